The number of ether oxygens (including phenoxy) is 1. The van der Waals surface area contributed by atoms with Gasteiger partial charge in [0.25, 0.3) is 5.91 Å². The second kappa shape index (κ2) is 6.12. The van der Waals surface area contributed by atoms with Crippen molar-refractivity contribution in [3.05, 3.63) is 54.1 Å². The SMILES string of the molecule is C[C@@H]1C[C@H]1C(=O)Nc1cccc(Oc2ccccc2C(N)=O)c1. The highest BCUT2D eigenvalue weighted by atomic mass is 16.5. The molecule has 3 rings (SSSR count). The summed E-state index contributed by atoms with van der Waals surface area (Å²) >= 11 is 0. The minimum absolute atomic E-state index is 0.0344. The van der Waals surface area contributed by atoms with E-state index in [4.69, 9.17) is 10.5 Å². The third-order valence-corrected chi connectivity index (χ3v) is 3.93. The summed E-state index contributed by atoms with van der Waals surface area (Å²) in [6, 6.07) is 13.8. The number of rotatable bonds is 5. The third-order valence-electron chi connectivity index (χ3n) is 3.93. The predicted octanol–water partition coefficient (Wildman–Crippen LogP) is 3.17. The Labute approximate surface area is 134 Å². The molecule has 23 heavy (non-hydrogen) atoms. The molecular weight excluding hydrogens is 292 g/mol. The monoisotopic (exact) mass is 310 g/mol. The normalized spacial score (nSPS) is 19.0. The summed E-state index contributed by atoms with van der Waals surface area (Å²) in [5.41, 5.74) is 6.32. The van der Waals surface area contributed by atoms with E-state index < -0.39 is 5.91 Å². The molecule has 0 unspecified atom stereocenters. The number of para-hydroxylation sites is 1. The van der Waals surface area contributed by atoms with Crippen molar-refractivity contribution in [1.29, 1.82) is 0 Å². The smallest absolute Gasteiger partial charge is 0.252 e. The van der Waals surface area contributed by atoms with Gasteiger partial charge in [-0.1, -0.05) is 25.1 Å². The van der Waals surface area contributed by atoms with Crippen molar-refractivity contribution in [3.8, 4) is 11.5 Å². The zero-order valence-electron chi connectivity index (χ0n) is 12.8. The molecule has 0 aromatic heterocycles. The van der Waals surface area contributed by atoms with Gasteiger partial charge in [-0.2, -0.15) is 0 Å². The second-order valence-corrected chi connectivity index (χ2v) is 5.80. The summed E-state index contributed by atoms with van der Waals surface area (Å²) < 4.78 is 5.74. The highest BCUT2D eigenvalue weighted by Crippen LogP contribution is 2.38. The zero-order valence-corrected chi connectivity index (χ0v) is 12.8. The second-order valence-electron chi connectivity index (χ2n) is 5.80. The lowest BCUT2D eigenvalue weighted by Crippen LogP contribution is -2.14. The lowest BCUT2D eigenvalue weighted by molar-refractivity contribution is -0.117. The minimum atomic E-state index is -0.548. The number of nitrogens with one attached hydrogen (secondary N) is 1. The summed E-state index contributed by atoms with van der Waals surface area (Å²) in [6.07, 6.45) is 0.939. The topological polar surface area (TPSA) is 81.4 Å². The summed E-state index contributed by atoms with van der Waals surface area (Å²) in [5, 5.41) is 2.89. The van der Waals surface area contributed by atoms with E-state index in [0.29, 0.717) is 28.7 Å². The molecule has 5 nitrogen and oxygen atoms in total. The minimum Gasteiger partial charge on any atom is -0.456 e. The van der Waals surface area contributed by atoms with Crippen molar-refractivity contribution in [1.82, 2.24) is 0 Å². The van der Waals surface area contributed by atoms with Gasteiger partial charge in [-0.3, -0.25) is 9.59 Å². The number of amides is 2. The van der Waals surface area contributed by atoms with Crippen LogP contribution in [-0.4, -0.2) is 11.8 Å². The van der Waals surface area contributed by atoms with E-state index in [9.17, 15) is 9.59 Å². The lowest BCUT2D eigenvalue weighted by Gasteiger charge is -2.11. The van der Waals surface area contributed by atoms with Gasteiger partial charge in [0, 0.05) is 17.7 Å². The Hall–Kier alpha value is -2.82. The van der Waals surface area contributed by atoms with E-state index in [1.807, 2.05) is 0 Å². The molecule has 2 amide bonds. The van der Waals surface area contributed by atoms with Gasteiger partial charge in [-0.25, -0.2) is 0 Å². The first kappa shape index (κ1) is 15.1. The third kappa shape index (κ3) is 3.51. The Morgan fingerprint density at radius 1 is 1.17 bits per heavy atom. The van der Waals surface area contributed by atoms with Crippen LogP contribution >= 0.6 is 0 Å². The van der Waals surface area contributed by atoms with Crippen molar-refractivity contribution < 1.29 is 14.3 Å². The fourth-order valence-corrected chi connectivity index (χ4v) is 2.45. The van der Waals surface area contributed by atoms with E-state index in [1.54, 1.807) is 48.5 Å². The number of carbonyl (C=O) groups is 2. The molecular formula is C18H18N2O3. The van der Waals surface area contributed by atoms with Gasteiger partial charge >= 0.3 is 0 Å². The molecule has 1 aliphatic carbocycles. The Bertz CT molecular complexity index is 757. The van der Waals surface area contributed by atoms with Crippen molar-refractivity contribution >= 4 is 17.5 Å². The average molecular weight is 310 g/mol. The highest BCUT2D eigenvalue weighted by Gasteiger charge is 2.39. The molecule has 0 heterocycles. The van der Waals surface area contributed by atoms with Crippen molar-refractivity contribution in [2.75, 3.05) is 5.32 Å². The van der Waals surface area contributed by atoms with E-state index in [0.717, 1.165) is 6.42 Å². The van der Waals surface area contributed by atoms with Gasteiger partial charge in [-0.15, -0.1) is 0 Å². The molecule has 1 fully saturated rings. The van der Waals surface area contributed by atoms with Gasteiger partial charge in [-0.05, 0) is 36.6 Å². The zero-order chi connectivity index (χ0) is 16.4. The summed E-state index contributed by atoms with van der Waals surface area (Å²) in [4.78, 5) is 23.4. The molecule has 0 aliphatic heterocycles. The fourth-order valence-electron chi connectivity index (χ4n) is 2.45. The number of hydrogen-bond donors (Lipinski definition) is 2. The number of primary amides is 1. The quantitative estimate of drug-likeness (QED) is 0.890. The van der Waals surface area contributed by atoms with E-state index in [2.05, 4.69) is 12.2 Å². The number of hydrogen-bond acceptors (Lipinski definition) is 3. The van der Waals surface area contributed by atoms with Gasteiger partial charge in [0.15, 0.2) is 0 Å². The molecule has 1 saturated carbocycles. The van der Waals surface area contributed by atoms with Crippen LogP contribution in [0.5, 0.6) is 11.5 Å². The first-order valence-electron chi connectivity index (χ1n) is 7.52. The van der Waals surface area contributed by atoms with Crippen molar-refractivity contribution in [2.45, 2.75) is 13.3 Å². The Balaban J connectivity index is 1.75. The van der Waals surface area contributed by atoms with Crippen LogP contribution < -0.4 is 15.8 Å². The molecule has 0 bridgehead atoms. The van der Waals surface area contributed by atoms with Crippen LogP contribution in [0.15, 0.2) is 48.5 Å². The number of carbonyl (C=O) groups excluding carboxylic acids is 2. The largest absolute Gasteiger partial charge is 0.456 e. The molecule has 0 saturated heterocycles. The van der Waals surface area contributed by atoms with Crippen LogP contribution in [0.3, 0.4) is 0 Å². The first-order valence-corrected chi connectivity index (χ1v) is 7.52. The molecule has 3 N–H and O–H groups in total. The van der Waals surface area contributed by atoms with Crippen LogP contribution in [-0.2, 0) is 4.79 Å². The molecule has 118 valence electrons. The molecule has 5 heteroatoms. The molecule has 0 radical (unpaired) electrons. The van der Waals surface area contributed by atoms with Crippen LogP contribution in [0.1, 0.15) is 23.7 Å². The van der Waals surface area contributed by atoms with Crippen molar-refractivity contribution in [3.63, 3.8) is 0 Å². The van der Waals surface area contributed by atoms with Gasteiger partial charge in [0.05, 0.1) is 5.56 Å². The average Bonchev–Trinajstić information content (AvgIpc) is 3.25. The van der Waals surface area contributed by atoms with Gasteiger partial charge in [0.1, 0.15) is 11.5 Å². The maximum atomic E-state index is 12.0. The molecule has 2 atom stereocenters. The maximum absolute atomic E-state index is 12.0. The van der Waals surface area contributed by atoms with Crippen molar-refractivity contribution in [2.24, 2.45) is 17.6 Å². The summed E-state index contributed by atoms with van der Waals surface area (Å²) in [5.74, 6) is 0.964. The highest BCUT2D eigenvalue weighted by molar-refractivity contribution is 5.96. The number of anilines is 1. The predicted molar refractivity (Wildman–Crippen MR) is 87.4 cm³/mol. The number of nitrogens with two attached hydrogens (primary N) is 1. The summed E-state index contributed by atoms with van der Waals surface area (Å²) in [6.45, 7) is 2.06. The lowest BCUT2D eigenvalue weighted by atomic mass is 10.2. The van der Waals surface area contributed by atoms with E-state index in [1.165, 1.54) is 0 Å². The van der Waals surface area contributed by atoms with E-state index >= 15 is 0 Å². The molecule has 2 aromatic carbocycles. The fraction of sp³-hybridized carbons (Fsp3) is 0.222. The molecule has 2 aromatic rings. The van der Waals surface area contributed by atoms with Crippen LogP contribution in [0, 0.1) is 11.8 Å². The molecule has 1 aliphatic rings. The van der Waals surface area contributed by atoms with Crippen LogP contribution in [0.2, 0.25) is 0 Å². The van der Waals surface area contributed by atoms with Gasteiger partial charge < -0.3 is 15.8 Å². The number of benzene rings is 2. The van der Waals surface area contributed by atoms with Crippen LogP contribution in [0.4, 0.5) is 5.69 Å². The standard InChI is InChI=1S/C18H18N2O3/c1-11-9-15(11)18(22)20-12-5-4-6-13(10-12)23-16-8-3-2-7-14(16)17(19)21/h2-8,10-11,15H,9H2,1H3,(H2,19,21)(H,20,22)/t11-,15-/m1/s1. The summed E-state index contributed by atoms with van der Waals surface area (Å²) in [7, 11) is 0. The Morgan fingerprint density at radius 3 is 2.61 bits per heavy atom. The van der Waals surface area contributed by atoms with Crippen LogP contribution in [0.25, 0.3) is 0 Å². The Morgan fingerprint density at radius 2 is 1.91 bits per heavy atom. The maximum Gasteiger partial charge on any atom is 0.252 e. The first-order chi connectivity index (χ1) is 11.0. The molecule has 0 spiro atoms. The van der Waals surface area contributed by atoms with Gasteiger partial charge in [0.2, 0.25) is 5.91 Å². The van der Waals surface area contributed by atoms with E-state index in [-0.39, 0.29) is 11.8 Å². The Kier molecular flexibility index (Phi) is 4.02.